The smallest absolute Gasteiger partial charge is 0.302 e. The molecule has 0 radical (unpaired) electrons. The molecule has 1 saturated carbocycles. The monoisotopic (exact) mass is 344 g/mol. The van der Waals surface area contributed by atoms with E-state index in [1.54, 1.807) is 0 Å². The third kappa shape index (κ3) is 3.69. The summed E-state index contributed by atoms with van der Waals surface area (Å²) in [5.41, 5.74) is 1.42. The minimum atomic E-state index is -0.150. The maximum atomic E-state index is 10.9. The molecule has 0 saturated heterocycles. The van der Waals surface area contributed by atoms with Gasteiger partial charge in [0.05, 0.1) is 0 Å². The molecule has 2 nitrogen and oxygen atoms in total. The number of hydrogen-bond acceptors (Lipinski definition) is 2. The SMILES string of the molecule is CC(=O)O[C@H]1CC[C@H](c2ccc(I)cc2)CC1. The fourth-order valence-corrected chi connectivity index (χ4v) is 2.84. The highest BCUT2D eigenvalue weighted by molar-refractivity contribution is 14.1. The Morgan fingerprint density at radius 3 is 2.29 bits per heavy atom. The molecule has 1 fully saturated rings. The van der Waals surface area contributed by atoms with Crippen molar-refractivity contribution in [3.63, 3.8) is 0 Å². The Hall–Kier alpha value is -0.580. The lowest BCUT2D eigenvalue weighted by atomic mass is 9.83. The average molecular weight is 344 g/mol. The number of carbonyl (C=O) groups is 1. The first-order valence-corrected chi connectivity index (χ1v) is 7.15. The van der Waals surface area contributed by atoms with Crippen LogP contribution in [0.15, 0.2) is 24.3 Å². The van der Waals surface area contributed by atoms with Crippen molar-refractivity contribution >= 4 is 28.6 Å². The lowest BCUT2D eigenvalue weighted by Gasteiger charge is -2.28. The Labute approximate surface area is 116 Å². The first-order chi connectivity index (χ1) is 8.15. The zero-order valence-corrected chi connectivity index (χ0v) is 12.1. The molecule has 0 atom stereocenters. The standard InChI is InChI=1S/C14H17IO2/c1-10(16)17-14-8-4-12(5-9-14)11-2-6-13(15)7-3-11/h2-3,6-7,12,14H,4-5,8-9H2,1H3/t12-,14-. The summed E-state index contributed by atoms with van der Waals surface area (Å²) >= 11 is 2.33. The molecule has 0 aliphatic heterocycles. The van der Waals surface area contributed by atoms with Crippen molar-refractivity contribution in [1.82, 2.24) is 0 Å². The molecule has 2 rings (SSSR count). The fourth-order valence-electron chi connectivity index (χ4n) is 2.48. The van der Waals surface area contributed by atoms with Gasteiger partial charge in [0.1, 0.15) is 6.10 Å². The van der Waals surface area contributed by atoms with E-state index in [1.807, 2.05) is 0 Å². The van der Waals surface area contributed by atoms with Gasteiger partial charge in [0.25, 0.3) is 0 Å². The molecule has 1 aromatic rings. The fraction of sp³-hybridized carbons (Fsp3) is 0.500. The summed E-state index contributed by atoms with van der Waals surface area (Å²) in [5, 5.41) is 0. The van der Waals surface area contributed by atoms with E-state index < -0.39 is 0 Å². The molecule has 1 aromatic carbocycles. The molecule has 0 amide bonds. The second kappa shape index (κ2) is 5.85. The van der Waals surface area contributed by atoms with Crippen molar-refractivity contribution in [1.29, 1.82) is 0 Å². The lowest BCUT2D eigenvalue weighted by Crippen LogP contribution is -2.22. The predicted molar refractivity (Wildman–Crippen MR) is 75.9 cm³/mol. The van der Waals surface area contributed by atoms with Crippen molar-refractivity contribution in [2.45, 2.75) is 44.6 Å². The number of carbonyl (C=O) groups excluding carboxylic acids is 1. The van der Waals surface area contributed by atoms with Gasteiger partial charge in [0, 0.05) is 10.5 Å². The van der Waals surface area contributed by atoms with Crippen molar-refractivity contribution in [3.8, 4) is 0 Å². The van der Waals surface area contributed by atoms with Gasteiger partial charge in [-0.3, -0.25) is 4.79 Å². The second-order valence-electron chi connectivity index (χ2n) is 4.63. The van der Waals surface area contributed by atoms with Crippen LogP contribution in [0.1, 0.15) is 44.1 Å². The minimum Gasteiger partial charge on any atom is -0.463 e. The van der Waals surface area contributed by atoms with Gasteiger partial charge < -0.3 is 4.74 Å². The number of esters is 1. The van der Waals surface area contributed by atoms with E-state index in [0.717, 1.165) is 25.7 Å². The van der Waals surface area contributed by atoms with E-state index in [4.69, 9.17) is 4.74 Å². The minimum absolute atomic E-state index is 0.146. The van der Waals surface area contributed by atoms with Crippen LogP contribution in [0.3, 0.4) is 0 Å². The van der Waals surface area contributed by atoms with Gasteiger partial charge in [0.2, 0.25) is 0 Å². The summed E-state index contributed by atoms with van der Waals surface area (Å²) in [6.07, 6.45) is 4.39. The maximum Gasteiger partial charge on any atom is 0.302 e. The van der Waals surface area contributed by atoms with Crippen LogP contribution in [0.5, 0.6) is 0 Å². The van der Waals surface area contributed by atoms with E-state index in [1.165, 1.54) is 16.1 Å². The van der Waals surface area contributed by atoms with Gasteiger partial charge in [0.15, 0.2) is 0 Å². The van der Waals surface area contributed by atoms with Crippen LogP contribution in [0.25, 0.3) is 0 Å². The molecule has 17 heavy (non-hydrogen) atoms. The summed E-state index contributed by atoms with van der Waals surface area (Å²) in [4.78, 5) is 10.9. The van der Waals surface area contributed by atoms with Crippen molar-refractivity contribution in [2.24, 2.45) is 0 Å². The first kappa shape index (κ1) is 12.9. The van der Waals surface area contributed by atoms with Gasteiger partial charge >= 0.3 is 5.97 Å². The Morgan fingerprint density at radius 1 is 1.18 bits per heavy atom. The third-order valence-electron chi connectivity index (χ3n) is 3.35. The van der Waals surface area contributed by atoms with E-state index in [0.29, 0.717) is 5.92 Å². The van der Waals surface area contributed by atoms with Crippen LogP contribution in [0.2, 0.25) is 0 Å². The molecule has 3 heteroatoms. The normalized spacial score (nSPS) is 24.4. The lowest BCUT2D eigenvalue weighted by molar-refractivity contribution is -0.147. The number of halogens is 1. The Kier molecular flexibility index (Phi) is 4.42. The highest BCUT2D eigenvalue weighted by Crippen LogP contribution is 2.34. The zero-order chi connectivity index (χ0) is 12.3. The molecule has 1 aliphatic rings. The third-order valence-corrected chi connectivity index (χ3v) is 4.07. The molecule has 1 aliphatic carbocycles. The van der Waals surface area contributed by atoms with Crippen LogP contribution in [-0.2, 0) is 9.53 Å². The van der Waals surface area contributed by atoms with Crippen molar-refractivity contribution < 1.29 is 9.53 Å². The van der Waals surface area contributed by atoms with Gasteiger partial charge in [-0.15, -0.1) is 0 Å². The van der Waals surface area contributed by atoms with E-state index in [-0.39, 0.29) is 12.1 Å². The second-order valence-corrected chi connectivity index (χ2v) is 5.88. The molecular formula is C14H17IO2. The van der Waals surface area contributed by atoms with Gasteiger partial charge in [-0.2, -0.15) is 0 Å². The molecular weight excluding hydrogens is 327 g/mol. The molecule has 0 N–H and O–H groups in total. The molecule has 0 spiro atoms. The number of hydrogen-bond donors (Lipinski definition) is 0. The zero-order valence-electron chi connectivity index (χ0n) is 9.99. The van der Waals surface area contributed by atoms with Crippen molar-refractivity contribution in [2.75, 3.05) is 0 Å². The molecule has 0 aromatic heterocycles. The van der Waals surface area contributed by atoms with Crippen LogP contribution in [-0.4, -0.2) is 12.1 Å². The highest BCUT2D eigenvalue weighted by atomic mass is 127. The summed E-state index contributed by atoms with van der Waals surface area (Å²) in [6, 6.07) is 8.76. The summed E-state index contributed by atoms with van der Waals surface area (Å²) in [6.45, 7) is 1.49. The largest absolute Gasteiger partial charge is 0.463 e. The number of rotatable bonds is 2. The van der Waals surface area contributed by atoms with Crippen LogP contribution >= 0.6 is 22.6 Å². The van der Waals surface area contributed by atoms with Crippen LogP contribution in [0, 0.1) is 3.57 Å². The summed E-state index contributed by atoms with van der Waals surface area (Å²) in [5.74, 6) is 0.488. The molecule has 0 bridgehead atoms. The number of ether oxygens (including phenoxy) is 1. The predicted octanol–water partition coefficient (Wildman–Crippen LogP) is 3.88. The van der Waals surface area contributed by atoms with E-state index in [9.17, 15) is 4.79 Å². The van der Waals surface area contributed by atoms with Crippen molar-refractivity contribution in [3.05, 3.63) is 33.4 Å². The molecule has 0 unspecified atom stereocenters. The highest BCUT2D eigenvalue weighted by Gasteiger charge is 2.23. The van der Waals surface area contributed by atoms with Gasteiger partial charge in [-0.1, -0.05) is 12.1 Å². The first-order valence-electron chi connectivity index (χ1n) is 6.08. The Balaban J connectivity index is 1.90. The Morgan fingerprint density at radius 2 is 1.76 bits per heavy atom. The van der Waals surface area contributed by atoms with Gasteiger partial charge in [-0.05, 0) is 71.9 Å². The summed E-state index contributed by atoms with van der Waals surface area (Å²) in [7, 11) is 0. The molecule has 92 valence electrons. The Bertz CT molecular complexity index is 378. The van der Waals surface area contributed by atoms with Gasteiger partial charge in [-0.25, -0.2) is 0 Å². The van der Waals surface area contributed by atoms with Crippen LogP contribution in [0.4, 0.5) is 0 Å². The average Bonchev–Trinajstić information content (AvgIpc) is 2.30. The molecule has 0 heterocycles. The number of benzene rings is 1. The maximum absolute atomic E-state index is 10.9. The van der Waals surface area contributed by atoms with E-state index >= 15 is 0 Å². The van der Waals surface area contributed by atoms with Crippen LogP contribution < -0.4 is 0 Å². The summed E-state index contributed by atoms with van der Waals surface area (Å²) < 4.78 is 6.53. The van der Waals surface area contributed by atoms with E-state index in [2.05, 4.69) is 46.9 Å². The topological polar surface area (TPSA) is 26.3 Å². The quantitative estimate of drug-likeness (QED) is 0.601.